The van der Waals surface area contributed by atoms with Gasteiger partial charge in [-0.2, -0.15) is 0 Å². The van der Waals surface area contributed by atoms with E-state index in [1.165, 1.54) is 19.2 Å². The van der Waals surface area contributed by atoms with E-state index in [9.17, 15) is 9.18 Å². The van der Waals surface area contributed by atoms with Crippen LogP contribution in [0.25, 0.3) is 0 Å². The number of benzene rings is 2. The molecule has 0 saturated heterocycles. The Morgan fingerprint density at radius 2 is 1.74 bits per heavy atom. The lowest BCUT2D eigenvalue weighted by molar-refractivity contribution is -0.143. The summed E-state index contributed by atoms with van der Waals surface area (Å²) in [7, 11) is 2.93. The number of para-hydroxylation sites is 1. The summed E-state index contributed by atoms with van der Waals surface area (Å²) in [5, 5.41) is 3.22. The number of hydrogen-bond donors (Lipinski definition) is 1. The molecular formula is C18H20FNO3. The lowest BCUT2D eigenvalue weighted by Crippen LogP contribution is -2.32. The third-order valence-corrected chi connectivity index (χ3v) is 3.66. The molecule has 0 saturated carbocycles. The molecule has 0 amide bonds. The van der Waals surface area contributed by atoms with Crippen LogP contribution in [0.1, 0.15) is 30.1 Å². The van der Waals surface area contributed by atoms with Crippen molar-refractivity contribution in [3.63, 3.8) is 0 Å². The Labute approximate surface area is 135 Å². The van der Waals surface area contributed by atoms with Crippen LogP contribution in [-0.2, 0) is 9.53 Å². The molecule has 2 aromatic rings. The van der Waals surface area contributed by atoms with Crippen LogP contribution < -0.4 is 10.1 Å². The lowest BCUT2D eigenvalue weighted by atomic mass is 10.0. The molecular weight excluding hydrogens is 297 g/mol. The maximum Gasteiger partial charge on any atom is 0.327 e. The summed E-state index contributed by atoms with van der Waals surface area (Å²) in [6.45, 7) is 1.93. The summed E-state index contributed by atoms with van der Waals surface area (Å²) in [4.78, 5) is 12.1. The van der Waals surface area contributed by atoms with E-state index in [1.54, 1.807) is 19.2 Å². The van der Waals surface area contributed by atoms with Crippen molar-refractivity contribution in [2.45, 2.75) is 19.0 Å². The summed E-state index contributed by atoms with van der Waals surface area (Å²) in [5.74, 6) is -0.0521. The summed E-state index contributed by atoms with van der Waals surface area (Å²) < 4.78 is 23.3. The Hall–Kier alpha value is -2.40. The molecule has 0 aromatic heterocycles. The number of carbonyl (C=O) groups excluding carboxylic acids is 1. The minimum Gasteiger partial charge on any atom is -0.496 e. The SMILES string of the molecule is COC(=O)[C@H](N[C@@H](C)c1ccccc1OC)c1ccc(F)cc1. The van der Waals surface area contributed by atoms with Gasteiger partial charge in [-0.15, -0.1) is 0 Å². The van der Waals surface area contributed by atoms with Crippen LogP contribution >= 0.6 is 0 Å². The van der Waals surface area contributed by atoms with Crippen molar-refractivity contribution in [3.8, 4) is 5.75 Å². The summed E-state index contributed by atoms with van der Waals surface area (Å²) >= 11 is 0. The zero-order chi connectivity index (χ0) is 16.8. The summed E-state index contributed by atoms with van der Waals surface area (Å²) in [5.41, 5.74) is 1.56. The number of halogens is 1. The molecule has 23 heavy (non-hydrogen) atoms. The highest BCUT2D eigenvalue weighted by Gasteiger charge is 2.24. The Morgan fingerprint density at radius 3 is 2.35 bits per heavy atom. The minimum absolute atomic E-state index is 0.166. The number of carbonyl (C=O) groups is 1. The van der Waals surface area contributed by atoms with Crippen molar-refractivity contribution in [1.29, 1.82) is 0 Å². The zero-order valence-corrected chi connectivity index (χ0v) is 13.4. The van der Waals surface area contributed by atoms with Crippen LogP contribution in [0.5, 0.6) is 5.75 Å². The second-order valence-electron chi connectivity index (χ2n) is 5.14. The third kappa shape index (κ3) is 4.07. The fourth-order valence-electron chi connectivity index (χ4n) is 2.44. The molecule has 4 nitrogen and oxygen atoms in total. The molecule has 2 atom stereocenters. The van der Waals surface area contributed by atoms with Gasteiger partial charge in [-0.25, -0.2) is 9.18 Å². The quantitative estimate of drug-likeness (QED) is 0.830. The minimum atomic E-state index is -0.694. The van der Waals surface area contributed by atoms with Crippen molar-refractivity contribution in [1.82, 2.24) is 5.32 Å². The first-order valence-corrected chi connectivity index (χ1v) is 7.29. The maximum absolute atomic E-state index is 13.1. The van der Waals surface area contributed by atoms with Crippen LogP contribution in [0.15, 0.2) is 48.5 Å². The number of rotatable bonds is 6. The highest BCUT2D eigenvalue weighted by molar-refractivity contribution is 5.77. The first-order valence-electron chi connectivity index (χ1n) is 7.29. The van der Waals surface area contributed by atoms with E-state index in [2.05, 4.69) is 5.32 Å². The normalized spacial score (nSPS) is 13.2. The predicted octanol–water partition coefficient (Wildman–Crippen LogP) is 3.40. The Morgan fingerprint density at radius 1 is 1.09 bits per heavy atom. The van der Waals surface area contributed by atoms with Crippen LogP contribution in [0, 0.1) is 5.82 Å². The third-order valence-electron chi connectivity index (χ3n) is 3.66. The van der Waals surface area contributed by atoms with Gasteiger partial charge in [-0.3, -0.25) is 5.32 Å². The van der Waals surface area contributed by atoms with Crippen molar-refractivity contribution in [2.24, 2.45) is 0 Å². The monoisotopic (exact) mass is 317 g/mol. The second-order valence-corrected chi connectivity index (χ2v) is 5.14. The van der Waals surface area contributed by atoms with Gasteiger partial charge in [0.2, 0.25) is 0 Å². The van der Waals surface area contributed by atoms with Gasteiger partial charge in [0.1, 0.15) is 17.6 Å². The first kappa shape index (κ1) is 17.0. The molecule has 5 heteroatoms. The van der Waals surface area contributed by atoms with Gasteiger partial charge in [-0.1, -0.05) is 30.3 Å². The molecule has 0 fully saturated rings. The molecule has 2 aromatic carbocycles. The van der Waals surface area contributed by atoms with Gasteiger partial charge in [0.05, 0.1) is 14.2 Å². The van der Waals surface area contributed by atoms with Crippen LogP contribution in [0.4, 0.5) is 4.39 Å². The topological polar surface area (TPSA) is 47.6 Å². The molecule has 0 heterocycles. The molecule has 0 aliphatic carbocycles. The van der Waals surface area contributed by atoms with E-state index in [4.69, 9.17) is 9.47 Å². The number of nitrogens with one attached hydrogen (secondary N) is 1. The average Bonchev–Trinajstić information content (AvgIpc) is 2.59. The summed E-state index contributed by atoms with van der Waals surface area (Å²) in [6, 6.07) is 12.5. The zero-order valence-electron chi connectivity index (χ0n) is 13.4. The molecule has 2 rings (SSSR count). The molecule has 1 N–H and O–H groups in total. The van der Waals surface area contributed by atoms with Crippen molar-refractivity contribution < 1.29 is 18.7 Å². The largest absolute Gasteiger partial charge is 0.496 e. The number of hydrogen-bond acceptors (Lipinski definition) is 4. The maximum atomic E-state index is 13.1. The van der Waals surface area contributed by atoms with Gasteiger partial charge < -0.3 is 9.47 Å². The molecule has 0 unspecified atom stereocenters. The van der Waals surface area contributed by atoms with Crippen LogP contribution in [0.3, 0.4) is 0 Å². The number of methoxy groups -OCH3 is 2. The predicted molar refractivity (Wildman–Crippen MR) is 85.7 cm³/mol. The highest BCUT2D eigenvalue weighted by Crippen LogP contribution is 2.27. The van der Waals surface area contributed by atoms with Crippen molar-refractivity contribution >= 4 is 5.97 Å². The van der Waals surface area contributed by atoms with E-state index in [1.807, 2.05) is 31.2 Å². The van der Waals surface area contributed by atoms with E-state index in [0.29, 0.717) is 5.56 Å². The smallest absolute Gasteiger partial charge is 0.327 e. The molecule has 0 spiro atoms. The highest BCUT2D eigenvalue weighted by atomic mass is 19.1. The van der Waals surface area contributed by atoms with E-state index < -0.39 is 12.0 Å². The Kier molecular flexibility index (Phi) is 5.71. The Balaban J connectivity index is 2.27. The fraction of sp³-hybridized carbons (Fsp3) is 0.278. The number of esters is 1. The lowest BCUT2D eigenvalue weighted by Gasteiger charge is -2.23. The number of ether oxygens (including phenoxy) is 2. The fourth-order valence-corrected chi connectivity index (χ4v) is 2.44. The Bertz CT molecular complexity index is 658. The van der Waals surface area contributed by atoms with Crippen LogP contribution in [0.2, 0.25) is 0 Å². The molecule has 0 aliphatic rings. The van der Waals surface area contributed by atoms with Gasteiger partial charge >= 0.3 is 5.97 Å². The first-order chi connectivity index (χ1) is 11.1. The van der Waals surface area contributed by atoms with Crippen LogP contribution in [-0.4, -0.2) is 20.2 Å². The van der Waals surface area contributed by atoms with Crippen molar-refractivity contribution in [3.05, 3.63) is 65.5 Å². The van der Waals surface area contributed by atoms with Gasteiger partial charge in [0, 0.05) is 11.6 Å². The molecule has 122 valence electrons. The second kappa shape index (κ2) is 7.74. The van der Waals surface area contributed by atoms with E-state index >= 15 is 0 Å². The van der Waals surface area contributed by atoms with Gasteiger partial charge in [0.15, 0.2) is 0 Å². The van der Waals surface area contributed by atoms with Crippen molar-refractivity contribution in [2.75, 3.05) is 14.2 Å². The summed E-state index contributed by atoms with van der Waals surface area (Å²) in [6.07, 6.45) is 0. The van der Waals surface area contributed by atoms with Gasteiger partial charge in [-0.05, 0) is 30.7 Å². The standard InChI is InChI=1S/C18H20FNO3/c1-12(15-6-4-5-7-16(15)22-2)20-17(18(21)23-3)13-8-10-14(19)11-9-13/h4-12,17,20H,1-3H3/t12-,17+/m0/s1. The molecule has 0 radical (unpaired) electrons. The van der Waals surface area contributed by atoms with E-state index in [0.717, 1.165) is 11.3 Å². The molecule has 0 aliphatic heterocycles. The molecule has 0 bridgehead atoms. The van der Waals surface area contributed by atoms with E-state index in [-0.39, 0.29) is 11.9 Å². The average molecular weight is 317 g/mol. The van der Waals surface area contributed by atoms with Gasteiger partial charge in [0.25, 0.3) is 0 Å².